The van der Waals surface area contributed by atoms with Crippen LogP contribution in [0.25, 0.3) is 21.8 Å². The summed E-state index contributed by atoms with van der Waals surface area (Å²) in [5.74, 6) is -1.89. The third-order valence-electron chi connectivity index (χ3n) is 4.82. The fraction of sp³-hybridized carbons (Fsp3) is 0.0952. The van der Waals surface area contributed by atoms with Crippen LogP contribution in [0.15, 0.2) is 58.1 Å². The highest BCUT2D eigenvalue weighted by Gasteiger charge is 2.24. The molecule has 0 aliphatic heterocycles. The Kier molecular flexibility index (Phi) is 4.31. The summed E-state index contributed by atoms with van der Waals surface area (Å²) in [7, 11) is 0. The molecule has 0 saturated heterocycles. The number of fused-ring (bicyclic) bond motifs is 2. The van der Waals surface area contributed by atoms with Crippen LogP contribution in [-0.2, 0) is 6.54 Å². The summed E-state index contributed by atoms with van der Waals surface area (Å²) in [6.07, 6.45) is 0. The predicted octanol–water partition coefficient (Wildman–Crippen LogP) is 2.53. The standard InChI is InChI=1S/C21H17N3O5/c1-2-24-14-10-6-4-8-12(14)17(25)15(21(24)29)19(27)23-16-18(26)11-7-3-5-9-13(11)22-20(16)28/h3-10,25H,2H2,1H3,(H,23,27)(H2,22,26,28). The average Bonchev–Trinajstić information content (AvgIpc) is 2.71. The van der Waals surface area contributed by atoms with Crippen molar-refractivity contribution in [2.24, 2.45) is 0 Å². The summed E-state index contributed by atoms with van der Waals surface area (Å²) in [6.45, 7) is 2.02. The molecular weight excluding hydrogens is 374 g/mol. The lowest BCUT2D eigenvalue weighted by Gasteiger charge is -2.14. The molecule has 4 N–H and O–H groups in total. The molecule has 0 aliphatic carbocycles. The first-order valence-corrected chi connectivity index (χ1v) is 8.93. The predicted molar refractivity (Wildman–Crippen MR) is 110 cm³/mol. The number of anilines is 1. The molecule has 1 amide bonds. The highest BCUT2D eigenvalue weighted by atomic mass is 16.3. The van der Waals surface area contributed by atoms with Gasteiger partial charge < -0.3 is 25.1 Å². The summed E-state index contributed by atoms with van der Waals surface area (Å²) < 4.78 is 1.36. The van der Waals surface area contributed by atoms with Crippen LogP contribution in [0.5, 0.6) is 11.5 Å². The molecule has 29 heavy (non-hydrogen) atoms. The van der Waals surface area contributed by atoms with Gasteiger partial charge in [-0.05, 0) is 31.2 Å². The number of aromatic amines is 1. The van der Waals surface area contributed by atoms with Gasteiger partial charge in [0.05, 0.1) is 11.0 Å². The molecule has 4 aromatic rings. The summed E-state index contributed by atoms with van der Waals surface area (Å²) in [4.78, 5) is 40.6. The summed E-state index contributed by atoms with van der Waals surface area (Å²) >= 11 is 0. The Bertz CT molecular complexity index is 1400. The Morgan fingerprint density at radius 3 is 2.38 bits per heavy atom. The van der Waals surface area contributed by atoms with E-state index >= 15 is 0 Å². The number of nitrogens with one attached hydrogen (secondary N) is 2. The number of H-pyrrole nitrogens is 1. The van der Waals surface area contributed by atoms with Gasteiger partial charge in [-0.1, -0.05) is 24.3 Å². The first-order chi connectivity index (χ1) is 13.9. The van der Waals surface area contributed by atoms with E-state index in [1.54, 1.807) is 55.5 Å². The van der Waals surface area contributed by atoms with Crippen molar-refractivity contribution in [2.45, 2.75) is 13.5 Å². The van der Waals surface area contributed by atoms with Crippen LogP contribution in [0.1, 0.15) is 17.3 Å². The SMILES string of the molecule is CCn1c(=O)c(C(=O)Nc2c(O)c3ccccc3[nH]c2=O)c(O)c2ccccc21. The van der Waals surface area contributed by atoms with E-state index < -0.39 is 39.8 Å². The molecule has 0 fully saturated rings. The highest BCUT2D eigenvalue weighted by molar-refractivity contribution is 6.10. The molecule has 0 spiro atoms. The molecule has 0 aliphatic rings. The van der Waals surface area contributed by atoms with E-state index in [1.807, 2.05) is 0 Å². The first-order valence-electron chi connectivity index (χ1n) is 8.93. The molecule has 0 atom stereocenters. The number of nitrogens with zero attached hydrogens (tertiary/aromatic N) is 1. The van der Waals surface area contributed by atoms with Crippen LogP contribution in [0.3, 0.4) is 0 Å². The van der Waals surface area contributed by atoms with Crippen molar-refractivity contribution in [1.29, 1.82) is 0 Å². The van der Waals surface area contributed by atoms with Gasteiger partial charge >= 0.3 is 0 Å². The zero-order chi connectivity index (χ0) is 20.7. The van der Waals surface area contributed by atoms with Crippen LogP contribution in [-0.4, -0.2) is 25.7 Å². The van der Waals surface area contributed by atoms with Gasteiger partial charge in [-0.2, -0.15) is 0 Å². The largest absolute Gasteiger partial charge is 0.506 e. The Labute approximate surface area is 163 Å². The van der Waals surface area contributed by atoms with Crippen molar-refractivity contribution in [3.8, 4) is 11.5 Å². The van der Waals surface area contributed by atoms with E-state index in [0.717, 1.165) is 0 Å². The van der Waals surface area contributed by atoms with E-state index in [-0.39, 0.29) is 6.54 Å². The molecule has 0 saturated carbocycles. The van der Waals surface area contributed by atoms with Crippen molar-refractivity contribution in [2.75, 3.05) is 5.32 Å². The Balaban J connectivity index is 1.89. The second-order valence-electron chi connectivity index (χ2n) is 6.47. The summed E-state index contributed by atoms with van der Waals surface area (Å²) in [5, 5.41) is 24.0. The molecule has 0 bridgehead atoms. The van der Waals surface area contributed by atoms with E-state index in [2.05, 4.69) is 10.3 Å². The minimum Gasteiger partial charge on any atom is -0.506 e. The fourth-order valence-corrected chi connectivity index (χ4v) is 3.43. The van der Waals surface area contributed by atoms with Crippen LogP contribution < -0.4 is 16.4 Å². The number of aromatic hydroxyl groups is 2. The maximum atomic E-state index is 12.9. The molecule has 2 heterocycles. The van der Waals surface area contributed by atoms with Crippen LogP contribution in [0.2, 0.25) is 0 Å². The number of amides is 1. The lowest BCUT2D eigenvalue weighted by molar-refractivity contribution is 0.102. The molecule has 2 aromatic carbocycles. The van der Waals surface area contributed by atoms with Crippen molar-refractivity contribution in [3.05, 3.63) is 74.8 Å². The number of aromatic nitrogens is 2. The Hall–Kier alpha value is -4.07. The van der Waals surface area contributed by atoms with E-state index in [4.69, 9.17) is 0 Å². The zero-order valence-electron chi connectivity index (χ0n) is 15.4. The van der Waals surface area contributed by atoms with Gasteiger partial charge in [0, 0.05) is 17.3 Å². The van der Waals surface area contributed by atoms with Gasteiger partial charge in [-0.15, -0.1) is 0 Å². The molecule has 8 heteroatoms. The lowest BCUT2D eigenvalue weighted by Crippen LogP contribution is -2.30. The molecule has 0 radical (unpaired) electrons. The number of carbonyl (C=O) groups is 1. The van der Waals surface area contributed by atoms with Gasteiger partial charge in [-0.25, -0.2) is 0 Å². The topological polar surface area (TPSA) is 124 Å². The van der Waals surface area contributed by atoms with E-state index in [0.29, 0.717) is 21.8 Å². The number of hydrogen-bond donors (Lipinski definition) is 4. The minimum atomic E-state index is -0.989. The van der Waals surface area contributed by atoms with E-state index in [9.17, 15) is 24.6 Å². The van der Waals surface area contributed by atoms with Gasteiger partial charge in [0.2, 0.25) is 0 Å². The first kappa shape index (κ1) is 18.3. The number of aryl methyl sites for hydroxylation is 1. The molecule has 146 valence electrons. The molecule has 8 nitrogen and oxygen atoms in total. The quantitative estimate of drug-likeness (QED) is 0.427. The van der Waals surface area contributed by atoms with Gasteiger partial charge in [0.25, 0.3) is 17.0 Å². The van der Waals surface area contributed by atoms with Gasteiger partial charge in [0.15, 0.2) is 11.4 Å². The van der Waals surface area contributed by atoms with Crippen LogP contribution >= 0.6 is 0 Å². The second-order valence-corrected chi connectivity index (χ2v) is 6.47. The fourth-order valence-electron chi connectivity index (χ4n) is 3.43. The molecule has 0 unspecified atom stereocenters. The van der Waals surface area contributed by atoms with Crippen LogP contribution in [0.4, 0.5) is 5.69 Å². The Morgan fingerprint density at radius 1 is 1.00 bits per heavy atom. The smallest absolute Gasteiger partial charge is 0.276 e. The number of pyridine rings is 2. The Morgan fingerprint density at radius 2 is 1.66 bits per heavy atom. The monoisotopic (exact) mass is 391 g/mol. The van der Waals surface area contributed by atoms with Crippen LogP contribution in [0, 0.1) is 0 Å². The maximum Gasteiger partial charge on any atom is 0.276 e. The molecule has 4 rings (SSSR count). The normalized spacial score (nSPS) is 11.1. The molecule has 2 aromatic heterocycles. The number of carbonyl (C=O) groups excluding carboxylic acids is 1. The summed E-state index contributed by atoms with van der Waals surface area (Å²) in [5.41, 5.74) is -1.44. The number of hydrogen-bond acceptors (Lipinski definition) is 5. The third-order valence-corrected chi connectivity index (χ3v) is 4.82. The summed E-state index contributed by atoms with van der Waals surface area (Å²) in [6, 6.07) is 13.2. The lowest BCUT2D eigenvalue weighted by atomic mass is 10.1. The second kappa shape index (κ2) is 6.83. The highest BCUT2D eigenvalue weighted by Crippen LogP contribution is 2.30. The maximum absolute atomic E-state index is 12.9. The van der Waals surface area contributed by atoms with Crippen molar-refractivity contribution in [3.63, 3.8) is 0 Å². The van der Waals surface area contributed by atoms with Crippen molar-refractivity contribution >= 4 is 33.4 Å². The zero-order valence-corrected chi connectivity index (χ0v) is 15.4. The molecular formula is C21H17N3O5. The average molecular weight is 391 g/mol. The number of benzene rings is 2. The van der Waals surface area contributed by atoms with Crippen molar-refractivity contribution < 1.29 is 15.0 Å². The number of rotatable bonds is 3. The minimum absolute atomic E-state index is 0.279. The van der Waals surface area contributed by atoms with Crippen molar-refractivity contribution in [1.82, 2.24) is 9.55 Å². The van der Waals surface area contributed by atoms with E-state index in [1.165, 1.54) is 4.57 Å². The van der Waals surface area contributed by atoms with Gasteiger partial charge in [0.1, 0.15) is 11.3 Å². The third kappa shape index (κ3) is 2.82. The van der Waals surface area contributed by atoms with Gasteiger partial charge in [-0.3, -0.25) is 14.4 Å². The number of para-hydroxylation sites is 2.